The van der Waals surface area contributed by atoms with Crippen molar-refractivity contribution in [3.05, 3.63) is 57.3 Å². The number of rotatable bonds is 2. The lowest BCUT2D eigenvalue weighted by molar-refractivity contribution is 0.974. The van der Waals surface area contributed by atoms with Gasteiger partial charge in [-0.25, -0.2) is 4.98 Å². The SMILES string of the molecule is Nc1ccc2nc(Sc3ccc(Br)cc3)[nH]c(=O)c2c1. The Morgan fingerprint density at radius 3 is 2.65 bits per heavy atom. The summed E-state index contributed by atoms with van der Waals surface area (Å²) in [7, 11) is 0. The van der Waals surface area contributed by atoms with E-state index in [9.17, 15) is 4.79 Å². The summed E-state index contributed by atoms with van der Waals surface area (Å²) >= 11 is 4.80. The molecule has 2 aromatic carbocycles. The molecular formula is C14H10BrN3OS. The second kappa shape index (κ2) is 5.30. The van der Waals surface area contributed by atoms with Crippen molar-refractivity contribution in [3.8, 4) is 0 Å². The number of nitrogens with two attached hydrogens (primary N) is 1. The highest BCUT2D eigenvalue weighted by molar-refractivity contribution is 9.10. The van der Waals surface area contributed by atoms with Crippen LogP contribution in [0.5, 0.6) is 0 Å². The first kappa shape index (κ1) is 13.2. The molecule has 0 aliphatic heterocycles. The lowest BCUT2D eigenvalue weighted by atomic mass is 10.2. The maximum atomic E-state index is 12.0. The summed E-state index contributed by atoms with van der Waals surface area (Å²) < 4.78 is 1.01. The normalized spacial score (nSPS) is 10.8. The van der Waals surface area contributed by atoms with E-state index < -0.39 is 0 Å². The summed E-state index contributed by atoms with van der Waals surface area (Å²) in [5.41, 5.74) is 6.69. The highest BCUT2D eigenvalue weighted by Crippen LogP contribution is 2.26. The number of hydrogen-bond donors (Lipinski definition) is 2. The van der Waals surface area contributed by atoms with Gasteiger partial charge in [0.1, 0.15) is 0 Å². The fraction of sp³-hybridized carbons (Fsp3) is 0. The van der Waals surface area contributed by atoms with Crippen molar-refractivity contribution in [2.24, 2.45) is 0 Å². The summed E-state index contributed by atoms with van der Waals surface area (Å²) in [5.74, 6) is 0. The van der Waals surface area contributed by atoms with Gasteiger partial charge in [-0.2, -0.15) is 0 Å². The van der Waals surface area contributed by atoms with Crippen molar-refractivity contribution in [2.45, 2.75) is 10.1 Å². The average molecular weight is 348 g/mol. The molecule has 3 rings (SSSR count). The lowest BCUT2D eigenvalue weighted by Crippen LogP contribution is -2.09. The molecule has 0 unspecified atom stereocenters. The number of nitrogens with one attached hydrogen (secondary N) is 1. The second-order valence-corrected chi connectivity index (χ2v) is 6.18. The van der Waals surface area contributed by atoms with Gasteiger partial charge >= 0.3 is 0 Å². The number of aromatic nitrogens is 2. The number of fused-ring (bicyclic) bond motifs is 1. The van der Waals surface area contributed by atoms with Crippen LogP contribution in [0.2, 0.25) is 0 Å². The van der Waals surface area contributed by atoms with E-state index in [0.29, 0.717) is 21.7 Å². The Hall–Kier alpha value is -1.79. The first-order valence-corrected chi connectivity index (χ1v) is 7.46. The number of aromatic amines is 1. The predicted octanol–water partition coefficient (Wildman–Crippen LogP) is 3.42. The number of H-pyrrole nitrogens is 1. The highest BCUT2D eigenvalue weighted by atomic mass is 79.9. The Morgan fingerprint density at radius 2 is 1.90 bits per heavy atom. The van der Waals surface area contributed by atoms with E-state index in [4.69, 9.17) is 5.73 Å². The van der Waals surface area contributed by atoms with E-state index in [0.717, 1.165) is 9.37 Å². The smallest absolute Gasteiger partial charge is 0.259 e. The molecule has 0 atom stereocenters. The predicted molar refractivity (Wildman–Crippen MR) is 85.0 cm³/mol. The average Bonchev–Trinajstić information content (AvgIpc) is 2.42. The largest absolute Gasteiger partial charge is 0.399 e. The fourth-order valence-electron chi connectivity index (χ4n) is 1.80. The number of halogens is 1. The summed E-state index contributed by atoms with van der Waals surface area (Å²) in [4.78, 5) is 20.2. The standard InChI is InChI=1S/C14H10BrN3OS/c15-8-1-4-10(5-2-8)20-14-17-12-6-3-9(16)7-11(12)13(19)18-14/h1-7H,16H2,(H,17,18,19). The number of hydrogen-bond acceptors (Lipinski definition) is 4. The highest BCUT2D eigenvalue weighted by Gasteiger charge is 2.06. The van der Waals surface area contributed by atoms with Crippen LogP contribution >= 0.6 is 27.7 Å². The van der Waals surface area contributed by atoms with Gasteiger partial charge in [-0.05, 0) is 42.5 Å². The molecule has 0 fully saturated rings. The fourth-order valence-corrected chi connectivity index (χ4v) is 2.84. The van der Waals surface area contributed by atoms with E-state index >= 15 is 0 Å². The molecule has 0 amide bonds. The summed E-state index contributed by atoms with van der Waals surface area (Å²) in [5, 5.41) is 1.07. The molecule has 0 aliphatic carbocycles. The first-order valence-electron chi connectivity index (χ1n) is 5.85. The molecule has 4 nitrogen and oxygen atoms in total. The summed E-state index contributed by atoms with van der Waals surface area (Å²) in [6, 6.07) is 12.9. The third-order valence-electron chi connectivity index (χ3n) is 2.74. The molecular weight excluding hydrogens is 338 g/mol. The van der Waals surface area contributed by atoms with E-state index in [1.807, 2.05) is 24.3 Å². The minimum Gasteiger partial charge on any atom is -0.399 e. The van der Waals surface area contributed by atoms with Gasteiger partial charge < -0.3 is 10.7 Å². The van der Waals surface area contributed by atoms with Crippen LogP contribution in [0.15, 0.2) is 61.8 Å². The third-order valence-corrected chi connectivity index (χ3v) is 4.16. The Bertz CT molecular complexity index is 830. The van der Waals surface area contributed by atoms with Gasteiger partial charge in [0.15, 0.2) is 5.16 Å². The number of nitrogens with zero attached hydrogens (tertiary/aromatic N) is 1. The molecule has 20 heavy (non-hydrogen) atoms. The monoisotopic (exact) mass is 347 g/mol. The van der Waals surface area contributed by atoms with E-state index in [1.165, 1.54) is 11.8 Å². The molecule has 0 aliphatic rings. The summed E-state index contributed by atoms with van der Waals surface area (Å²) in [6.07, 6.45) is 0. The van der Waals surface area contributed by atoms with Crippen molar-refractivity contribution in [3.63, 3.8) is 0 Å². The zero-order valence-electron chi connectivity index (χ0n) is 10.3. The van der Waals surface area contributed by atoms with Gasteiger partial charge in [-0.3, -0.25) is 4.79 Å². The van der Waals surface area contributed by atoms with E-state index in [2.05, 4.69) is 25.9 Å². The van der Waals surface area contributed by atoms with Crippen molar-refractivity contribution < 1.29 is 0 Å². The maximum absolute atomic E-state index is 12.0. The minimum atomic E-state index is -0.179. The minimum absolute atomic E-state index is 0.179. The molecule has 1 aromatic heterocycles. The van der Waals surface area contributed by atoms with Crippen LogP contribution in [0.25, 0.3) is 10.9 Å². The van der Waals surface area contributed by atoms with Crippen LogP contribution in [-0.4, -0.2) is 9.97 Å². The first-order chi connectivity index (χ1) is 9.61. The van der Waals surface area contributed by atoms with Crippen molar-refractivity contribution in [2.75, 3.05) is 5.73 Å². The lowest BCUT2D eigenvalue weighted by Gasteiger charge is -2.03. The number of benzene rings is 2. The van der Waals surface area contributed by atoms with Crippen LogP contribution in [0.4, 0.5) is 5.69 Å². The van der Waals surface area contributed by atoms with Crippen LogP contribution in [0, 0.1) is 0 Å². The Morgan fingerprint density at radius 1 is 1.15 bits per heavy atom. The molecule has 6 heteroatoms. The molecule has 0 saturated heterocycles. The van der Waals surface area contributed by atoms with Crippen LogP contribution in [-0.2, 0) is 0 Å². The third kappa shape index (κ3) is 2.71. The number of nitrogen functional groups attached to an aromatic ring is 1. The van der Waals surface area contributed by atoms with E-state index in [1.54, 1.807) is 18.2 Å². The van der Waals surface area contributed by atoms with Crippen molar-refractivity contribution in [1.29, 1.82) is 0 Å². The molecule has 0 radical (unpaired) electrons. The Kier molecular flexibility index (Phi) is 3.50. The molecule has 0 bridgehead atoms. The van der Waals surface area contributed by atoms with Crippen LogP contribution < -0.4 is 11.3 Å². The Balaban J connectivity index is 2.02. The molecule has 0 saturated carbocycles. The zero-order valence-corrected chi connectivity index (χ0v) is 12.7. The second-order valence-electron chi connectivity index (χ2n) is 4.20. The summed E-state index contributed by atoms with van der Waals surface area (Å²) in [6.45, 7) is 0. The molecule has 3 N–H and O–H groups in total. The topological polar surface area (TPSA) is 71.8 Å². The van der Waals surface area contributed by atoms with Gasteiger partial charge in [-0.1, -0.05) is 27.7 Å². The van der Waals surface area contributed by atoms with Crippen molar-refractivity contribution >= 4 is 44.3 Å². The molecule has 0 spiro atoms. The van der Waals surface area contributed by atoms with Crippen LogP contribution in [0.1, 0.15) is 0 Å². The number of anilines is 1. The molecule has 100 valence electrons. The van der Waals surface area contributed by atoms with Crippen LogP contribution in [0.3, 0.4) is 0 Å². The molecule has 1 heterocycles. The van der Waals surface area contributed by atoms with Gasteiger partial charge in [0.2, 0.25) is 0 Å². The quantitative estimate of drug-likeness (QED) is 0.550. The maximum Gasteiger partial charge on any atom is 0.259 e. The van der Waals surface area contributed by atoms with Gasteiger partial charge in [0.25, 0.3) is 5.56 Å². The van der Waals surface area contributed by atoms with Gasteiger partial charge in [0.05, 0.1) is 10.9 Å². The molecule has 3 aromatic rings. The van der Waals surface area contributed by atoms with Crippen molar-refractivity contribution in [1.82, 2.24) is 9.97 Å². The van der Waals surface area contributed by atoms with Gasteiger partial charge in [-0.15, -0.1) is 0 Å². The van der Waals surface area contributed by atoms with Gasteiger partial charge in [0, 0.05) is 15.1 Å². The Labute approximate surface area is 127 Å². The zero-order chi connectivity index (χ0) is 14.1. The van der Waals surface area contributed by atoms with E-state index in [-0.39, 0.29) is 5.56 Å².